The lowest BCUT2D eigenvalue weighted by atomic mass is 9.78. The van der Waals surface area contributed by atoms with E-state index in [2.05, 4.69) is 26.8 Å². The normalized spacial score (nSPS) is 18.0. The quantitative estimate of drug-likeness (QED) is 0.873. The highest BCUT2D eigenvalue weighted by molar-refractivity contribution is 5.98. The first-order valence-corrected chi connectivity index (χ1v) is 9.10. The maximum atomic E-state index is 12.4. The molecule has 1 N–H and O–H groups in total. The van der Waals surface area contributed by atoms with Gasteiger partial charge < -0.3 is 14.4 Å². The van der Waals surface area contributed by atoms with Crippen molar-refractivity contribution in [3.05, 3.63) is 63.1 Å². The third kappa shape index (κ3) is 2.69. The highest BCUT2D eigenvalue weighted by Gasteiger charge is 2.37. The third-order valence-corrected chi connectivity index (χ3v) is 5.72. The van der Waals surface area contributed by atoms with Crippen molar-refractivity contribution in [2.45, 2.75) is 39.7 Å². The summed E-state index contributed by atoms with van der Waals surface area (Å²) in [4.78, 5) is 23.9. The number of hydrogen-bond donors (Lipinski definition) is 1. The molecule has 5 heteroatoms. The third-order valence-electron chi connectivity index (χ3n) is 5.72. The predicted octanol–water partition coefficient (Wildman–Crippen LogP) is 4.01. The average Bonchev–Trinajstić information content (AvgIpc) is 2.97. The van der Waals surface area contributed by atoms with Gasteiger partial charge in [-0.05, 0) is 46.2 Å². The van der Waals surface area contributed by atoms with Gasteiger partial charge in [0.25, 0.3) is 0 Å². The van der Waals surface area contributed by atoms with Crippen LogP contribution in [0.15, 0.2) is 35.3 Å². The number of aromatic nitrogens is 1. The minimum Gasteiger partial charge on any atom is -0.497 e. The molecule has 0 saturated heterocycles. The fourth-order valence-electron chi connectivity index (χ4n) is 4.30. The van der Waals surface area contributed by atoms with Crippen LogP contribution < -0.4 is 10.2 Å². The first-order valence-electron chi connectivity index (χ1n) is 9.10. The van der Waals surface area contributed by atoms with Gasteiger partial charge in [0.15, 0.2) is 5.43 Å². The number of aromatic carboxylic acids is 1. The molecule has 0 radical (unpaired) electrons. The highest BCUT2D eigenvalue weighted by Crippen LogP contribution is 2.50. The van der Waals surface area contributed by atoms with Crippen LogP contribution >= 0.6 is 0 Å². The van der Waals surface area contributed by atoms with Gasteiger partial charge in [-0.3, -0.25) is 4.79 Å². The van der Waals surface area contributed by atoms with Gasteiger partial charge in [-0.2, -0.15) is 0 Å². The van der Waals surface area contributed by atoms with Crippen molar-refractivity contribution in [3.63, 3.8) is 0 Å². The molecular formula is C22H23NO4. The Bertz CT molecular complexity index is 1050. The lowest BCUT2D eigenvalue weighted by molar-refractivity contribution is 0.0693. The molecule has 2 aliphatic rings. The Hall–Kier alpha value is -2.82. The van der Waals surface area contributed by atoms with E-state index in [0.717, 1.165) is 29.9 Å². The number of methoxy groups -OCH3 is 1. The second-order valence-corrected chi connectivity index (χ2v) is 8.39. The summed E-state index contributed by atoms with van der Waals surface area (Å²) in [5, 5.41) is 9.40. The molecule has 5 nitrogen and oxygen atoms in total. The molecule has 4 rings (SSSR count). The minimum absolute atomic E-state index is 0.0676. The van der Waals surface area contributed by atoms with Gasteiger partial charge in [0.1, 0.15) is 11.3 Å². The topological polar surface area (TPSA) is 68.5 Å². The van der Waals surface area contributed by atoms with Crippen LogP contribution in [0, 0.1) is 5.41 Å². The summed E-state index contributed by atoms with van der Waals surface area (Å²) in [6, 6.07) is 7.68. The standard InChI is InChI=1S/C22H23NO4/c1-22(2,3)20-9-15-14-6-5-13(27-4)7-12(14)8-16(15)18-10-19(24)17(21(25)26)11-23(18)20/h5-7,10-11,20H,8-9H2,1-4H3,(H,25,26)/t20-/m0/s1. The zero-order chi connectivity index (χ0) is 19.5. The van der Waals surface area contributed by atoms with Gasteiger partial charge in [-0.15, -0.1) is 0 Å². The van der Waals surface area contributed by atoms with Crippen LogP contribution in [0.4, 0.5) is 0 Å². The number of nitrogens with zero attached hydrogens (tertiary/aromatic N) is 1. The molecule has 2 aromatic rings. The van der Waals surface area contributed by atoms with Crippen LogP contribution in [0.2, 0.25) is 0 Å². The van der Waals surface area contributed by atoms with Crippen molar-refractivity contribution in [3.8, 4) is 5.75 Å². The molecule has 1 atom stereocenters. The summed E-state index contributed by atoms with van der Waals surface area (Å²) in [7, 11) is 1.65. The van der Waals surface area contributed by atoms with Crippen molar-refractivity contribution < 1.29 is 14.6 Å². The van der Waals surface area contributed by atoms with Crippen molar-refractivity contribution in [2.24, 2.45) is 5.41 Å². The van der Waals surface area contributed by atoms with Crippen LogP contribution in [-0.4, -0.2) is 22.8 Å². The van der Waals surface area contributed by atoms with E-state index in [4.69, 9.17) is 4.74 Å². The summed E-state index contributed by atoms with van der Waals surface area (Å²) in [5.41, 5.74) is 4.91. The molecule has 0 saturated carbocycles. The maximum absolute atomic E-state index is 12.4. The highest BCUT2D eigenvalue weighted by atomic mass is 16.5. The lowest BCUT2D eigenvalue weighted by Gasteiger charge is -2.39. The number of fused-ring (bicyclic) bond motifs is 4. The van der Waals surface area contributed by atoms with Gasteiger partial charge in [0, 0.05) is 30.4 Å². The lowest BCUT2D eigenvalue weighted by Crippen LogP contribution is -2.32. The molecule has 2 heterocycles. The van der Waals surface area contributed by atoms with E-state index in [0.29, 0.717) is 0 Å². The number of benzene rings is 1. The van der Waals surface area contributed by atoms with Gasteiger partial charge in [0.05, 0.1) is 7.11 Å². The summed E-state index contributed by atoms with van der Waals surface area (Å²) in [6.45, 7) is 6.44. The molecule has 1 aromatic heterocycles. The number of hydrogen-bond acceptors (Lipinski definition) is 3. The van der Waals surface area contributed by atoms with Crippen molar-refractivity contribution in [1.82, 2.24) is 4.57 Å². The minimum atomic E-state index is -1.18. The van der Waals surface area contributed by atoms with Gasteiger partial charge in [0.2, 0.25) is 0 Å². The fraction of sp³-hybridized carbons (Fsp3) is 0.364. The Morgan fingerprint density at radius 2 is 1.96 bits per heavy atom. The number of carboxylic acid groups (broad SMARTS) is 1. The van der Waals surface area contributed by atoms with Crippen LogP contribution in [-0.2, 0) is 6.42 Å². The van der Waals surface area contributed by atoms with Crippen LogP contribution in [0.5, 0.6) is 5.75 Å². The number of allylic oxidation sites excluding steroid dienone is 2. The molecule has 0 fully saturated rings. The number of carboxylic acids is 1. The molecule has 1 aliphatic carbocycles. The second-order valence-electron chi connectivity index (χ2n) is 8.39. The van der Waals surface area contributed by atoms with E-state index >= 15 is 0 Å². The van der Waals surface area contributed by atoms with E-state index in [1.807, 2.05) is 16.7 Å². The summed E-state index contributed by atoms with van der Waals surface area (Å²) >= 11 is 0. The zero-order valence-corrected chi connectivity index (χ0v) is 16.0. The van der Waals surface area contributed by atoms with Gasteiger partial charge in [-0.25, -0.2) is 4.79 Å². The largest absolute Gasteiger partial charge is 0.497 e. The van der Waals surface area contributed by atoms with Crippen molar-refractivity contribution >= 4 is 17.1 Å². The Kier molecular flexibility index (Phi) is 3.81. The Morgan fingerprint density at radius 3 is 2.59 bits per heavy atom. The molecule has 0 bridgehead atoms. The van der Waals surface area contributed by atoms with Gasteiger partial charge in [-0.1, -0.05) is 26.8 Å². The van der Waals surface area contributed by atoms with Crippen LogP contribution in [0.3, 0.4) is 0 Å². The zero-order valence-electron chi connectivity index (χ0n) is 16.0. The maximum Gasteiger partial charge on any atom is 0.341 e. The predicted molar refractivity (Wildman–Crippen MR) is 104 cm³/mol. The summed E-state index contributed by atoms with van der Waals surface area (Å²) in [6.07, 6.45) is 3.07. The fourth-order valence-corrected chi connectivity index (χ4v) is 4.30. The number of carbonyl (C=O) groups is 1. The van der Waals surface area contributed by atoms with Crippen LogP contribution in [0.1, 0.15) is 60.4 Å². The van der Waals surface area contributed by atoms with Crippen molar-refractivity contribution in [2.75, 3.05) is 7.11 Å². The Morgan fingerprint density at radius 1 is 1.22 bits per heavy atom. The van der Waals surface area contributed by atoms with E-state index in [9.17, 15) is 14.7 Å². The molecular weight excluding hydrogens is 342 g/mol. The average molecular weight is 365 g/mol. The molecule has 0 amide bonds. The molecule has 140 valence electrons. The van der Waals surface area contributed by atoms with Crippen LogP contribution in [0.25, 0.3) is 11.1 Å². The first kappa shape index (κ1) is 17.6. The Balaban J connectivity index is 1.94. The molecule has 1 aliphatic heterocycles. The molecule has 27 heavy (non-hydrogen) atoms. The van der Waals surface area contributed by atoms with E-state index in [-0.39, 0.29) is 17.0 Å². The summed E-state index contributed by atoms with van der Waals surface area (Å²) < 4.78 is 7.37. The Labute approximate surface area is 157 Å². The monoisotopic (exact) mass is 365 g/mol. The molecule has 1 aromatic carbocycles. The van der Waals surface area contributed by atoms with Gasteiger partial charge >= 0.3 is 5.97 Å². The number of ether oxygens (including phenoxy) is 1. The van der Waals surface area contributed by atoms with E-state index < -0.39 is 11.4 Å². The number of rotatable bonds is 2. The van der Waals surface area contributed by atoms with Crippen molar-refractivity contribution in [1.29, 1.82) is 0 Å². The molecule has 0 unspecified atom stereocenters. The van der Waals surface area contributed by atoms with E-state index in [1.165, 1.54) is 29.0 Å². The SMILES string of the molecule is COc1ccc2c(c1)CC1=C2C[C@@H](C(C)(C)C)n2cc(C(=O)O)c(=O)cc21. The van der Waals surface area contributed by atoms with E-state index in [1.54, 1.807) is 7.11 Å². The second kappa shape index (κ2) is 5.84. The molecule has 0 spiro atoms. The first-order chi connectivity index (χ1) is 12.7. The number of pyridine rings is 1. The smallest absolute Gasteiger partial charge is 0.341 e. The summed E-state index contributed by atoms with van der Waals surface area (Å²) in [5.74, 6) is -0.359.